The summed E-state index contributed by atoms with van der Waals surface area (Å²) in [6, 6.07) is 8.20. The Hall–Kier alpha value is -2.08. The molecule has 1 amide bonds. The van der Waals surface area contributed by atoms with Gasteiger partial charge in [0, 0.05) is 19.1 Å². The van der Waals surface area contributed by atoms with Crippen LogP contribution in [0.15, 0.2) is 30.3 Å². The molecule has 1 aliphatic rings. The molecule has 23 heavy (non-hydrogen) atoms. The third-order valence-electron chi connectivity index (χ3n) is 3.62. The van der Waals surface area contributed by atoms with E-state index in [2.05, 4.69) is 5.32 Å². The number of aliphatic carboxylic acids is 1. The lowest BCUT2D eigenvalue weighted by Crippen LogP contribution is -2.41. The number of carbonyl (C=O) groups excluding carboxylic acids is 1. The topological polar surface area (TPSA) is 78.9 Å². The molecule has 2 rings (SSSR count). The minimum atomic E-state index is -0.924. The lowest BCUT2D eigenvalue weighted by molar-refractivity contribution is -0.139. The molecule has 2 N–H and O–H groups in total. The fourth-order valence-electron chi connectivity index (χ4n) is 2.58. The SMILES string of the molecule is CC(C)(C)OC(=O)N1CCC(NC(C(=O)O)c2ccccc2)C1. The number of carboxylic acid groups (broad SMARTS) is 1. The molecule has 0 bridgehead atoms. The second kappa shape index (κ2) is 7.00. The summed E-state index contributed by atoms with van der Waals surface area (Å²) in [4.78, 5) is 25.2. The highest BCUT2D eigenvalue weighted by Gasteiger charge is 2.32. The van der Waals surface area contributed by atoms with Crippen molar-refractivity contribution >= 4 is 12.1 Å². The van der Waals surface area contributed by atoms with Gasteiger partial charge in [0.15, 0.2) is 0 Å². The van der Waals surface area contributed by atoms with Crippen LogP contribution in [-0.4, -0.2) is 46.8 Å². The van der Waals surface area contributed by atoms with Crippen molar-refractivity contribution in [2.45, 2.75) is 44.9 Å². The first-order valence-electron chi connectivity index (χ1n) is 7.78. The zero-order chi connectivity index (χ0) is 17.0. The molecule has 2 unspecified atom stereocenters. The van der Waals surface area contributed by atoms with E-state index in [1.54, 1.807) is 17.0 Å². The van der Waals surface area contributed by atoms with E-state index in [9.17, 15) is 14.7 Å². The largest absolute Gasteiger partial charge is 0.480 e. The zero-order valence-electron chi connectivity index (χ0n) is 13.8. The van der Waals surface area contributed by atoms with Crippen LogP contribution in [0.25, 0.3) is 0 Å². The minimum Gasteiger partial charge on any atom is -0.480 e. The summed E-state index contributed by atoms with van der Waals surface area (Å²) in [5.41, 5.74) is 0.173. The maximum absolute atomic E-state index is 12.1. The van der Waals surface area contributed by atoms with Crippen LogP contribution in [-0.2, 0) is 9.53 Å². The van der Waals surface area contributed by atoms with Crippen molar-refractivity contribution in [3.63, 3.8) is 0 Å². The van der Waals surface area contributed by atoms with E-state index in [4.69, 9.17) is 4.74 Å². The van der Waals surface area contributed by atoms with E-state index in [-0.39, 0.29) is 12.1 Å². The highest BCUT2D eigenvalue weighted by Crippen LogP contribution is 2.19. The third kappa shape index (κ3) is 4.96. The Labute approximate surface area is 136 Å². The molecule has 1 fully saturated rings. The number of rotatable bonds is 4. The van der Waals surface area contributed by atoms with Gasteiger partial charge in [-0.15, -0.1) is 0 Å². The molecule has 126 valence electrons. The van der Waals surface area contributed by atoms with Crippen LogP contribution < -0.4 is 5.32 Å². The number of ether oxygens (including phenoxy) is 1. The highest BCUT2D eigenvalue weighted by molar-refractivity contribution is 5.75. The maximum Gasteiger partial charge on any atom is 0.410 e. The summed E-state index contributed by atoms with van der Waals surface area (Å²) < 4.78 is 5.35. The van der Waals surface area contributed by atoms with Crippen LogP contribution >= 0.6 is 0 Å². The second-order valence-corrected chi connectivity index (χ2v) is 6.76. The van der Waals surface area contributed by atoms with Crippen molar-refractivity contribution in [3.05, 3.63) is 35.9 Å². The molecule has 6 nitrogen and oxygen atoms in total. The highest BCUT2D eigenvalue weighted by atomic mass is 16.6. The van der Waals surface area contributed by atoms with Crippen LogP contribution in [0.2, 0.25) is 0 Å². The van der Waals surface area contributed by atoms with Crippen molar-refractivity contribution in [1.29, 1.82) is 0 Å². The number of nitrogens with one attached hydrogen (secondary N) is 1. The van der Waals surface area contributed by atoms with Gasteiger partial charge < -0.3 is 14.7 Å². The van der Waals surface area contributed by atoms with Crippen LogP contribution in [0, 0.1) is 0 Å². The van der Waals surface area contributed by atoms with Crippen molar-refractivity contribution in [3.8, 4) is 0 Å². The van der Waals surface area contributed by atoms with E-state index in [0.29, 0.717) is 25.1 Å². The molecule has 1 aromatic carbocycles. The van der Waals surface area contributed by atoms with Crippen molar-refractivity contribution in [1.82, 2.24) is 10.2 Å². The first kappa shape index (κ1) is 17.3. The first-order chi connectivity index (χ1) is 10.8. The number of amides is 1. The molecule has 2 atom stereocenters. The number of nitrogens with zero attached hydrogens (tertiary/aromatic N) is 1. The minimum absolute atomic E-state index is 0.0659. The third-order valence-corrected chi connectivity index (χ3v) is 3.62. The van der Waals surface area contributed by atoms with Gasteiger partial charge in [0.1, 0.15) is 11.6 Å². The predicted molar refractivity (Wildman–Crippen MR) is 86.2 cm³/mol. The summed E-state index contributed by atoms with van der Waals surface area (Å²) in [6.45, 7) is 6.49. The summed E-state index contributed by atoms with van der Waals surface area (Å²) >= 11 is 0. The number of hydrogen-bond acceptors (Lipinski definition) is 4. The Balaban J connectivity index is 1.96. The molecule has 0 saturated carbocycles. The number of benzene rings is 1. The van der Waals surface area contributed by atoms with Gasteiger partial charge in [-0.25, -0.2) is 4.79 Å². The van der Waals surface area contributed by atoms with Crippen molar-refractivity contribution in [2.75, 3.05) is 13.1 Å². The Morgan fingerprint density at radius 2 is 1.96 bits per heavy atom. The Bertz CT molecular complexity index is 553. The molecule has 0 spiro atoms. The second-order valence-electron chi connectivity index (χ2n) is 6.76. The molecule has 1 saturated heterocycles. The van der Waals surface area contributed by atoms with Gasteiger partial charge >= 0.3 is 12.1 Å². The van der Waals surface area contributed by atoms with Crippen LogP contribution in [0.5, 0.6) is 0 Å². The average molecular weight is 320 g/mol. The zero-order valence-corrected chi connectivity index (χ0v) is 13.8. The van der Waals surface area contributed by atoms with E-state index in [1.807, 2.05) is 39.0 Å². The van der Waals surface area contributed by atoms with E-state index >= 15 is 0 Å². The van der Waals surface area contributed by atoms with Gasteiger partial charge in [0.25, 0.3) is 0 Å². The molecule has 0 radical (unpaired) electrons. The average Bonchev–Trinajstić information content (AvgIpc) is 2.92. The Kier molecular flexibility index (Phi) is 5.26. The first-order valence-corrected chi connectivity index (χ1v) is 7.78. The van der Waals surface area contributed by atoms with Gasteiger partial charge in [-0.2, -0.15) is 0 Å². The predicted octanol–water partition coefficient (Wildman–Crippen LogP) is 2.41. The molecular formula is C17H24N2O4. The summed E-state index contributed by atoms with van der Waals surface area (Å²) in [7, 11) is 0. The number of carbonyl (C=O) groups is 2. The molecule has 1 aliphatic heterocycles. The van der Waals surface area contributed by atoms with Gasteiger partial charge in [0.2, 0.25) is 0 Å². The fraction of sp³-hybridized carbons (Fsp3) is 0.529. The van der Waals surface area contributed by atoms with Crippen LogP contribution in [0.4, 0.5) is 4.79 Å². The maximum atomic E-state index is 12.1. The molecule has 1 aromatic rings. The molecule has 0 aliphatic carbocycles. The van der Waals surface area contributed by atoms with E-state index < -0.39 is 17.6 Å². The lowest BCUT2D eigenvalue weighted by Gasteiger charge is -2.25. The normalized spacial score (nSPS) is 19.4. The van der Waals surface area contributed by atoms with Crippen LogP contribution in [0.3, 0.4) is 0 Å². The van der Waals surface area contributed by atoms with Crippen molar-refractivity contribution in [2.24, 2.45) is 0 Å². The van der Waals surface area contributed by atoms with Gasteiger partial charge in [-0.1, -0.05) is 30.3 Å². The molecule has 6 heteroatoms. The Morgan fingerprint density at radius 1 is 1.30 bits per heavy atom. The molecule has 1 heterocycles. The van der Waals surface area contributed by atoms with Gasteiger partial charge in [-0.05, 0) is 32.8 Å². The number of carboxylic acids is 1. The van der Waals surface area contributed by atoms with Crippen LogP contribution in [0.1, 0.15) is 38.8 Å². The summed E-state index contributed by atoms with van der Waals surface area (Å²) in [5.74, 6) is -0.924. The summed E-state index contributed by atoms with van der Waals surface area (Å²) in [5, 5.41) is 12.6. The van der Waals surface area contributed by atoms with Gasteiger partial charge in [0.05, 0.1) is 0 Å². The Morgan fingerprint density at radius 3 is 2.52 bits per heavy atom. The van der Waals surface area contributed by atoms with E-state index in [1.165, 1.54) is 0 Å². The van der Waals surface area contributed by atoms with E-state index in [0.717, 1.165) is 0 Å². The number of likely N-dealkylation sites (tertiary alicyclic amines) is 1. The van der Waals surface area contributed by atoms with Gasteiger partial charge in [-0.3, -0.25) is 10.1 Å². The molecule has 0 aromatic heterocycles. The number of hydrogen-bond donors (Lipinski definition) is 2. The quantitative estimate of drug-likeness (QED) is 0.890. The van der Waals surface area contributed by atoms with Crippen molar-refractivity contribution < 1.29 is 19.4 Å². The monoisotopic (exact) mass is 320 g/mol. The molecular weight excluding hydrogens is 296 g/mol. The fourth-order valence-corrected chi connectivity index (χ4v) is 2.58. The standard InChI is InChI=1S/C17H24N2O4/c1-17(2,3)23-16(22)19-10-9-13(11-19)18-14(15(20)21)12-7-5-4-6-8-12/h4-8,13-14,18H,9-11H2,1-3H3,(H,20,21). The summed E-state index contributed by atoms with van der Waals surface area (Å²) in [6.07, 6.45) is 0.351. The smallest absolute Gasteiger partial charge is 0.410 e. The lowest BCUT2D eigenvalue weighted by atomic mass is 10.1.